The predicted octanol–water partition coefficient (Wildman–Crippen LogP) is 4.04. The van der Waals surface area contributed by atoms with E-state index in [1.54, 1.807) is 7.11 Å². The van der Waals surface area contributed by atoms with Gasteiger partial charge >= 0.3 is 0 Å². The molecule has 0 bridgehead atoms. The van der Waals surface area contributed by atoms with Gasteiger partial charge in [0.05, 0.1) is 13.7 Å². The summed E-state index contributed by atoms with van der Waals surface area (Å²) in [6, 6.07) is 13.8. The van der Waals surface area contributed by atoms with Crippen LogP contribution < -0.4 is 14.8 Å². The monoisotopic (exact) mass is 305 g/mol. The third-order valence-corrected chi connectivity index (χ3v) is 3.33. The van der Waals surface area contributed by atoms with Crippen molar-refractivity contribution >= 4 is 11.6 Å². The summed E-state index contributed by atoms with van der Waals surface area (Å²) in [5.74, 6) is 1.57. The summed E-state index contributed by atoms with van der Waals surface area (Å²) in [6.45, 7) is 4.04. The maximum absolute atomic E-state index is 5.98. The van der Waals surface area contributed by atoms with E-state index in [2.05, 4.69) is 5.32 Å². The Hall–Kier alpha value is -1.71. The molecule has 0 aromatic heterocycles. The second-order valence-electron chi connectivity index (χ2n) is 4.62. The molecule has 3 nitrogen and oxygen atoms in total. The van der Waals surface area contributed by atoms with Gasteiger partial charge in [0.2, 0.25) is 0 Å². The fourth-order valence-electron chi connectivity index (χ4n) is 2.19. The smallest absolute Gasteiger partial charge is 0.165 e. The summed E-state index contributed by atoms with van der Waals surface area (Å²) in [4.78, 5) is 0. The number of nitrogens with one attached hydrogen (secondary N) is 1. The average Bonchev–Trinajstić information content (AvgIpc) is 2.48. The lowest BCUT2D eigenvalue weighted by Gasteiger charge is -2.14. The van der Waals surface area contributed by atoms with Gasteiger partial charge in [-0.15, -0.1) is 0 Å². The third-order valence-electron chi connectivity index (χ3n) is 3.10. The molecule has 0 unspecified atom stereocenters. The van der Waals surface area contributed by atoms with E-state index in [9.17, 15) is 0 Å². The standard InChI is InChI=1S/C17H20ClNO2/c1-3-21-16-9-5-7-14(17(16)20-2)12-19-11-13-6-4-8-15(18)10-13/h4-10,19H,3,11-12H2,1-2H3. The Bertz CT molecular complexity index is 587. The topological polar surface area (TPSA) is 30.5 Å². The van der Waals surface area contributed by atoms with Gasteiger partial charge in [-0.1, -0.05) is 35.9 Å². The van der Waals surface area contributed by atoms with Crippen LogP contribution in [0.3, 0.4) is 0 Å². The molecule has 0 saturated heterocycles. The maximum Gasteiger partial charge on any atom is 0.165 e. The summed E-state index contributed by atoms with van der Waals surface area (Å²) in [5, 5.41) is 4.15. The predicted molar refractivity (Wildman–Crippen MR) is 86.2 cm³/mol. The fourth-order valence-corrected chi connectivity index (χ4v) is 2.40. The number of ether oxygens (including phenoxy) is 2. The van der Waals surface area contributed by atoms with Gasteiger partial charge < -0.3 is 14.8 Å². The highest BCUT2D eigenvalue weighted by atomic mass is 35.5. The van der Waals surface area contributed by atoms with Gasteiger partial charge in [0, 0.05) is 23.7 Å². The minimum Gasteiger partial charge on any atom is -0.493 e. The van der Waals surface area contributed by atoms with Crippen molar-refractivity contribution in [3.63, 3.8) is 0 Å². The van der Waals surface area contributed by atoms with E-state index in [-0.39, 0.29) is 0 Å². The van der Waals surface area contributed by atoms with Crippen LogP contribution in [0.4, 0.5) is 0 Å². The molecule has 21 heavy (non-hydrogen) atoms. The normalized spacial score (nSPS) is 10.4. The van der Waals surface area contributed by atoms with E-state index >= 15 is 0 Å². The number of rotatable bonds is 7. The van der Waals surface area contributed by atoms with E-state index in [4.69, 9.17) is 21.1 Å². The molecule has 2 aromatic carbocycles. The summed E-state index contributed by atoms with van der Waals surface area (Å²) < 4.78 is 11.0. The van der Waals surface area contributed by atoms with E-state index in [0.29, 0.717) is 13.2 Å². The molecule has 2 aromatic rings. The summed E-state index contributed by atoms with van der Waals surface area (Å²) in [5.41, 5.74) is 2.23. The molecule has 0 aliphatic carbocycles. The summed E-state index contributed by atoms with van der Waals surface area (Å²) in [6.07, 6.45) is 0. The number of benzene rings is 2. The Morgan fingerprint density at radius 1 is 1.10 bits per heavy atom. The molecule has 0 spiro atoms. The molecule has 0 radical (unpaired) electrons. The van der Waals surface area contributed by atoms with Gasteiger partial charge in [-0.2, -0.15) is 0 Å². The van der Waals surface area contributed by atoms with Gasteiger partial charge in [-0.3, -0.25) is 0 Å². The van der Waals surface area contributed by atoms with Crippen molar-refractivity contribution in [3.8, 4) is 11.5 Å². The van der Waals surface area contributed by atoms with Crippen LogP contribution in [0.2, 0.25) is 5.02 Å². The zero-order valence-electron chi connectivity index (χ0n) is 12.4. The van der Waals surface area contributed by atoms with Crippen LogP contribution in [0.1, 0.15) is 18.1 Å². The lowest BCUT2D eigenvalue weighted by atomic mass is 10.1. The van der Waals surface area contributed by atoms with Crippen LogP contribution in [-0.2, 0) is 13.1 Å². The molecule has 0 amide bonds. The lowest BCUT2D eigenvalue weighted by Crippen LogP contribution is -2.13. The highest BCUT2D eigenvalue weighted by Crippen LogP contribution is 2.30. The van der Waals surface area contributed by atoms with Crippen LogP contribution in [0.25, 0.3) is 0 Å². The maximum atomic E-state index is 5.98. The highest BCUT2D eigenvalue weighted by Gasteiger charge is 2.09. The van der Waals surface area contributed by atoms with Gasteiger partial charge in [-0.25, -0.2) is 0 Å². The molecule has 0 heterocycles. The first kappa shape index (κ1) is 15.7. The van der Waals surface area contributed by atoms with E-state index in [1.807, 2.05) is 49.4 Å². The average molecular weight is 306 g/mol. The van der Waals surface area contributed by atoms with Crippen LogP contribution in [0.5, 0.6) is 11.5 Å². The SMILES string of the molecule is CCOc1cccc(CNCc2cccc(Cl)c2)c1OC. The van der Waals surface area contributed by atoms with Crippen molar-refractivity contribution in [2.75, 3.05) is 13.7 Å². The lowest BCUT2D eigenvalue weighted by molar-refractivity contribution is 0.308. The Labute approximate surface area is 130 Å². The molecular weight excluding hydrogens is 286 g/mol. The largest absolute Gasteiger partial charge is 0.493 e. The first-order valence-corrected chi connectivity index (χ1v) is 7.36. The van der Waals surface area contributed by atoms with Crippen molar-refractivity contribution in [3.05, 3.63) is 58.6 Å². The minimum absolute atomic E-state index is 0.621. The van der Waals surface area contributed by atoms with E-state index in [0.717, 1.165) is 34.2 Å². The number of hydrogen-bond donors (Lipinski definition) is 1. The second kappa shape index (κ2) is 7.91. The van der Waals surface area contributed by atoms with Gasteiger partial charge in [-0.05, 0) is 30.7 Å². The third kappa shape index (κ3) is 4.38. The summed E-state index contributed by atoms with van der Waals surface area (Å²) >= 11 is 5.98. The first-order chi connectivity index (χ1) is 10.2. The molecule has 1 N–H and O–H groups in total. The number of para-hydroxylation sites is 1. The van der Waals surface area contributed by atoms with Crippen LogP contribution in [0.15, 0.2) is 42.5 Å². The minimum atomic E-state index is 0.621. The number of methoxy groups -OCH3 is 1. The van der Waals surface area contributed by atoms with Gasteiger partial charge in [0.25, 0.3) is 0 Å². The molecular formula is C17H20ClNO2. The van der Waals surface area contributed by atoms with Crippen molar-refractivity contribution in [1.29, 1.82) is 0 Å². The number of hydrogen-bond acceptors (Lipinski definition) is 3. The van der Waals surface area contributed by atoms with Crippen molar-refractivity contribution in [1.82, 2.24) is 5.32 Å². The van der Waals surface area contributed by atoms with Crippen molar-refractivity contribution in [2.45, 2.75) is 20.0 Å². The Kier molecular flexibility index (Phi) is 5.90. The van der Waals surface area contributed by atoms with Crippen molar-refractivity contribution < 1.29 is 9.47 Å². The molecule has 0 atom stereocenters. The van der Waals surface area contributed by atoms with Crippen LogP contribution >= 0.6 is 11.6 Å². The highest BCUT2D eigenvalue weighted by molar-refractivity contribution is 6.30. The molecule has 0 saturated carbocycles. The van der Waals surface area contributed by atoms with Crippen LogP contribution in [0, 0.1) is 0 Å². The van der Waals surface area contributed by atoms with Gasteiger partial charge in [0.1, 0.15) is 0 Å². The first-order valence-electron chi connectivity index (χ1n) is 6.98. The Morgan fingerprint density at radius 3 is 2.62 bits per heavy atom. The van der Waals surface area contributed by atoms with Crippen LogP contribution in [-0.4, -0.2) is 13.7 Å². The number of halogens is 1. The zero-order valence-corrected chi connectivity index (χ0v) is 13.1. The van der Waals surface area contributed by atoms with E-state index in [1.165, 1.54) is 0 Å². The molecule has 0 aliphatic rings. The Morgan fingerprint density at radius 2 is 1.90 bits per heavy atom. The van der Waals surface area contributed by atoms with Crippen molar-refractivity contribution in [2.24, 2.45) is 0 Å². The molecule has 0 aliphatic heterocycles. The molecule has 112 valence electrons. The molecule has 4 heteroatoms. The zero-order chi connectivity index (χ0) is 15.1. The second-order valence-corrected chi connectivity index (χ2v) is 5.05. The molecule has 0 fully saturated rings. The van der Waals surface area contributed by atoms with Gasteiger partial charge in [0.15, 0.2) is 11.5 Å². The van der Waals surface area contributed by atoms with E-state index < -0.39 is 0 Å². The Balaban J connectivity index is 2.01. The fraction of sp³-hybridized carbons (Fsp3) is 0.294. The molecule has 2 rings (SSSR count). The quantitative estimate of drug-likeness (QED) is 0.837. The summed E-state index contributed by atoms with van der Waals surface area (Å²) in [7, 11) is 1.67.